The highest BCUT2D eigenvalue weighted by Crippen LogP contribution is 2.30. The van der Waals surface area contributed by atoms with E-state index in [1.54, 1.807) is 0 Å². The average Bonchev–Trinajstić information content (AvgIpc) is 2.41. The lowest BCUT2D eigenvalue weighted by Crippen LogP contribution is -2.27. The molecule has 8 heteroatoms. The lowest BCUT2D eigenvalue weighted by atomic mass is 10.3. The number of nitrogen functional groups attached to an aromatic ring is 1. The summed E-state index contributed by atoms with van der Waals surface area (Å²) in [5.41, 5.74) is 6.40. The minimum Gasteiger partial charge on any atom is -0.396 e. The van der Waals surface area contributed by atoms with Gasteiger partial charge in [0.05, 0.1) is 27.5 Å². The van der Waals surface area contributed by atoms with Crippen LogP contribution in [-0.2, 0) is 10.0 Å². The van der Waals surface area contributed by atoms with Gasteiger partial charge < -0.3 is 5.73 Å². The molecule has 0 amide bonds. The minimum atomic E-state index is -3.72. The molecule has 0 radical (unpaired) electrons. The molecule has 106 valence electrons. The number of nitrogens with two attached hydrogens (primary N) is 1. The number of hydrogen-bond donors (Lipinski definition) is 1. The largest absolute Gasteiger partial charge is 0.396 e. The lowest BCUT2D eigenvalue weighted by molar-refractivity contribution is 0.594. The Labute approximate surface area is 130 Å². The van der Waals surface area contributed by atoms with Crippen molar-refractivity contribution >= 4 is 48.9 Å². The number of rotatable bonds is 3. The lowest BCUT2D eigenvalue weighted by Gasteiger charge is -2.20. The van der Waals surface area contributed by atoms with Gasteiger partial charge in [0.15, 0.2) is 0 Å². The van der Waals surface area contributed by atoms with Crippen molar-refractivity contribution in [2.24, 2.45) is 0 Å². The number of aromatic nitrogens is 1. The zero-order valence-electron chi connectivity index (χ0n) is 10.4. The molecule has 0 aliphatic rings. The van der Waals surface area contributed by atoms with Crippen LogP contribution < -0.4 is 10.0 Å². The number of nitrogens with zero attached hydrogens (tertiary/aromatic N) is 2. The van der Waals surface area contributed by atoms with E-state index < -0.39 is 10.0 Å². The van der Waals surface area contributed by atoms with Gasteiger partial charge in [0, 0.05) is 17.7 Å². The Morgan fingerprint density at radius 2 is 2.05 bits per heavy atom. The molecular formula is C12H11BrClN3O2S. The molecule has 2 N–H and O–H groups in total. The van der Waals surface area contributed by atoms with E-state index in [0.717, 1.165) is 4.31 Å². The van der Waals surface area contributed by atoms with Crippen molar-refractivity contribution in [2.45, 2.75) is 4.90 Å². The maximum absolute atomic E-state index is 12.5. The van der Waals surface area contributed by atoms with Crippen molar-refractivity contribution in [1.29, 1.82) is 0 Å². The van der Waals surface area contributed by atoms with Gasteiger partial charge in [-0.15, -0.1) is 0 Å². The monoisotopic (exact) mass is 375 g/mol. The van der Waals surface area contributed by atoms with Crippen LogP contribution in [0.4, 0.5) is 11.4 Å². The molecule has 1 aromatic heterocycles. The molecule has 20 heavy (non-hydrogen) atoms. The summed E-state index contributed by atoms with van der Waals surface area (Å²) in [5, 5.41) is 0.440. The highest BCUT2D eigenvalue weighted by atomic mass is 79.9. The van der Waals surface area contributed by atoms with Gasteiger partial charge in [0.25, 0.3) is 10.0 Å². The van der Waals surface area contributed by atoms with Crippen LogP contribution >= 0.6 is 27.5 Å². The van der Waals surface area contributed by atoms with Crippen LogP contribution in [0.25, 0.3) is 0 Å². The van der Waals surface area contributed by atoms with Crippen molar-refractivity contribution in [2.75, 3.05) is 17.1 Å². The average molecular weight is 377 g/mol. The Kier molecular flexibility index (Phi) is 4.22. The Balaban J connectivity index is 2.50. The zero-order chi connectivity index (χ0) is 14.9. The summed E-state index contributed by atoms with van der Waals surface area (Å²) in [5.74, 6) is 0. The Hall–Kier alpha value is -1.31. The van der Waals surface area contributed by atoms with E-state index in [-0.39, 0.29) is 10.6 Å². The first-order chi connectivity index (χ1) is 9.34. The summed E-state index contributed by atoms with van der Waals surface area (Å²) in [7, 11) is -2.28. The third-order valence-electron chi connectivity index (χ3n) is 2.72. The van der Waals surface area contributed by atoms with Gasteiger partial charge in [-0.05, 0) is 40.2 Å². The molecule has 2 aromatic rings. The van der Waals surface area contributed by atoms with Crippen LogP contribution in [0.1, 0.15) is 0 Å². The topological polar surface area (TPSA) is 76.3 Å². The summed E-state index contributed by atoms with van der Waals surface area (Å²) in [6, 6.07) is 5.95. The molecule has 2 rings (SSSR count). The summed E-state index contributed by atoms with van der Waals surface area (Å²) in [6.45, 7) is 0. The smallest absolute Gasteiger partial charge is 0.264 e. The third kappa shape index (κ3) is 2.74. The van der Waals surface area contributed by atoms with Crippen LogP contribution in [0, 0.1) is 0 Å². The van der Waals surface area contributed by atoms with Crippen LogP contribution in [0.2, 0.25) is 5.02 Å². The molecule has 1 aromatic carbocycles. The van der Waals surface area contributed by atoms with Gasteiger partial charge in [0.1, 0.15) is 0 Å². The van der Waals surface area contributed by atoms with Crippen molar-refractivity contribution in [3.63, 3.8) is 0 Å². The molecule has 1 heterocycles. The van der Waals surface area contributed by atoms with Crippen LogP contribution in [-0.4, -0.2) is 20.4 Å². The number of halogens is 2. The highest BCUT2D eigenvalue weighted by molar-refractivity contribution is 9.10. The molecule has 0 saturated carbocycles. The predicted octanol–water partition coefficient (Wildman–Crippen LogP) is 2.90. The molecule has 0 aliphatic carbocycles. The zero-order valence-corrected chi connectivity index (χ0v) is 13.6. The van der Waals surface area contributed by atoms with E-state index >= 15 is 0 Å². The number of benzene rings is 1. The second-order valence-corrected chi connectivity index (χ2v) is 7.21. The number of anilines is 2. The van der Waals surface area contributed by atoms with E-state index in [2.05, 4.69) is 20.9 Å². The highest BCUT2D eigenvalue weighted by Gasteiger charge is 2.23. The maximum atomic E-state index is 12.5. The number of hydrogen-bond acceptors (Lipinski definition) is 4. The fourth-order valence-electron chi connectivity index (χ4n) is 1.61. The van der Waals surface area contributed by atoms with Gasteiger partial charge in [-0.3, -0.25) is 9.29 Å². The van der Waals surface area contributed by atoms with E-state index in [1.165, 1.54) is 43.7 Å². The fourth-order valence-corrected chi connectivity index (χ4v) is 3.51. The van der Waals surface area contributed by atoms with E-state index in [9.17, 15) is 8.42 Å². The van der Waals surface area contributed by atoms with Crippen LogP contribution in [0.3, 0.4) is 0 Å². The van der Waals surface area contributed by atoms with E-state index in [4.69, 9.17) is 17.3 Å². The van der Waals surface area contributed by atoms with Crippen LogP contribution in [0.5, 0.6) is 0 Å². The molecule has 5 nitrogen and oxygen atoms in total. The quantitative estimate of drug-likeness (QED) is 0.893. The van der Waals surface area contributed by atoms with Gasteiger partial charge in [-0.1, -0.05) is 11.6 Å². The first kappa shape index (κ1) is 15.1. The Bertz CT molecular complexity index is 752. The molecule has 0 spiro atoms. The molecule has 0 bridgehead atoms. The van der Waals surface area contributed by atoms with Crippen molar-refractivity contribution < 1.29 is 8.42 Å². The summed E-state index contributed by atoms with van der Waals surface area (Å²) >= 11 is 9.08. The number of sulfonamides is 1. The summed E-state index contributed by atoms with van der Waals surface area (Å²) < 4.78 is 26.7. The van der Waals surface area contributed by atoms with Crippen molar-refractivity contribution in [1.82, 2.24) is 4.98 Å². The Morgan fingerprint density at radius 1 is 1.35 bits per heavy atom. The first-order valence-corrected chi connectivity index (χ1v) is 8.08. The standard InChI is InChI=1S/C12H11BrClN3O2S/c1-17(12-4-5-16-7-11(12)15)20(18,19)8-2-3-10(14)9(13)6-8/h2-7H,15H2,1H3. The van der Waals surface area contributed by atoms with Gasteiger partial charge in [0.2, 0.25) is 0 Å². The molecule has 0 fully saturated rings. The molecular weight excluding hydrogens is 366 g/mol. The molecule has 0 aliphatic heterocycles. The second-order valence-electron chi connectivity index (χ2n) is 3.98. The van der Waals surface area contributed by atoms with Crippen molar-refractivity contribution in [3.05, 3.63) is 46.2 Å². The molecule has 0 atom stereocenters. The van der Waals surface area contributed by atoms with Crippen molar-refractivity contribution in [3.8, 4) is 0 Å². The fraction of sp³-hybridized carbons (Fsp3) is 0.0833. The molecule has 0 unspecified atom stereocenters. The normalized spacial score (nSPS) is 11.3. The van der Waals surface area contributed by atoms with Crippen LogP contribution in [0.15, 0.2) is 46.0 Å². The number of pyridine rings is 1. The third-order valence-corrected chi connectivity index (χ3v) is 5.70. The van der Waals surface area contributed by atoms with E-state index in [0.29, 0.717) is 15.2 Å². The molecule has 0 saturated heterocycles. The van der Waals surface area contributed by atoms with Gasteiger partial charge >= 0.3 is 0 Å². The van der Waals surface area contributed by atoms with Gasteiger partial charge in [-0.25, -0.2) is 8.42 Å². The summed E-state index contributed by atoms with van der Waals surface area (Å²) in [4.78, 5) is 3.95. The van der Waals surface area contributed by atoms with Gasteiger partial charge in [-0.2, -0.15) is 0 Å². The first-order valence-electron chi connectivity index (χ1n) is 5.47. The summed E-state index contributed by atoms with van der Waals surface area (Å²) in [6.07, 6.45) is 2.88. The van der Waals surface area contributed by atoms with E-state index in [1.807, 2.05) is 0 Å². The SMILES string of the molecule is CN(c1ccncc1N)S(=O)(=O)c1ccc(Cl)c(Br)c1. The predicted molar refractivity (Wildman–Crippen MR) is 83.4 cm³/mol. The minimum absolute atomic E-state index is 0.118. The Morgan fingerprint density at radius 3 is 2.65 bits per heavy atom. The second kappa shape index (κ2) is 5.59. The maximum Gasteiger partial charge on any atom is 0.264 e.